The van der Waals surface area contributed by atoms with E-state index < -0.39 is 52.9 Å². The van der Waals surface area contributed by atoms with Gasteiger partial charge in [-0.2, -0.15) is 0 Å². The van der Waals surface area contributed by atoms with Crippen LogP contribution in [0.15, 0.2) is 198 Å². The average molecular weight is 1020 g/mol. The Balaban J connectivity index is 1.01. The van der Waals surface area contributed by atoms with Crippen LogP contribution in [0.1, 0.15) is 52.1 Å². The zero-order valence-corrected chi connectivity index (χ0v) is 41.4. The van der Waals surface area contributed by atoms with Gasteiger partial charge in [0.1, 0.15) is 40.7 Å². The number of methoxy groups -OCH3 is 1. The van der Waals surface area contributed by atoms with Crippen molar-refractivity contribution < 1.29 is 38.2 Å². The van der Waals surface area contributed by atoms with Gasteiger partial charge in [-0.05, 0) is 58.0 Å². The number of thioether (sulfide) groups is 1. The summed E-state index contributed by atoms with van der Waals surface area (Å²) in [6.45, 7) is 1.42. The normalized spacial score (nSPS) is 16.0. The van der Waals surface area contributed by atoms with Gasteiger partial charge in [-0.15, -0.1) is 34.7 Å². The SMILES string of the molecule is COc1ccc(COC(=O)C2=C(CCl)CS[C@@H]3C(NC(=O)/C(=N/O[C@@H](C)C(=O)OC(c4ccccc4)c4ccccc4)c4csc(NC(c5ccccc5)(c5ccccc5)c5ccccc5)n4)C(=O)N23)cc1. The van der Waals surface area contributed by atoms with Gasteiger partial charge in [0.25, 0.3) is 11.8 Å². The molecular weight excluding hydrogens is 970 g/mol. The second kappa shape index (κ2) is 22.6. The fourth-order valence-electron chi connectivity index (χ4n) is 8.48. The van der Waals surface area contributed by atoms with E-state index >= 15 is 0 Å². The number of carbonyl (C=O) groups is 4. The maximum Gasteiger partial charge on any atom is 0.355 e. The maximum atomic E-state index is 14.7. The lowest BCUT2D eigenvalue weighted by molar-refractivity contribution is -0.160. The van der Waals surface area contributed by atoms with Gasteiger partial charge >= 0.3 is 11.9 Å². The van der Waals surface area contributed by atoms with Crippen molar-refractivity contribution in [2.45, 2.75) is 42.7 Å². The molecular formula is C56H48ClN5O8S2. The molecule has 1 fully saturated rings. The third-order valence-electron chi connectivity index (χ3n) is 12.2. The summed E-state index contributed by atoms with van der Waals surface area (Å²) in [6.07, 6.45) is -2.07. The molecule has 0 radical (unpaired) electrons. The second-order valence-electron chi connectivity index (χ2n) is 16.7. The Morgan fingerprint density at radius 1 is 0.792 bits per heavy atom. The molecule has 6 aromatic carbocycles. The summed E-state index contributed by atoms with van der Waals surface area (Å²) in [5.41, 5.74) is 4.39. The number of anilines is 1. The van der Waals surface area contributed by atoms with Crippen molar-refractivity contribution >= 4 is 69.3 Å². The molecule has 2 N–H and O–H groups in total. The van der Waals surface area contributed by atoms with E-state index in [2.05, 4.69) is 15.8 Å². The van der Waals surface area contributed by atoms with Crippen molar-refractivity contribution in [1.29, 1.82) is 0 Å². The van der Waals surface area contributed by atoms with E-state index in [9.17, 15) is 19.2 Å². The Labute approximate surface area is 429 Å². The first-order chi connectivity index (χ1) is 35.2. The Morgan fingerprint density at radius 3 is 1.86 bits per heavy atom. The lowest BCUT2D eigenvalue weighted by atomic mass is 9.77. The third kappa shape index (κ3) is 10.5. The van der Waals surface area contributed by atoms with Gasteiger partial charge in [-0.25, -0.2) is 14.6 Å². The summed E-state index contributed by atoms with van der Waals surface area (Å²) >= 11 is 8.91. The summed E-state index contributed by atoms with van der Waals surface area (Å²) < 4.78 is 17.0. The molecule has 0 saturated carbocycles. The van der Waals surface area contributed by atoms with Gasteiger partial charge in [0.15, 0.2) is 16.9 Å². The number of hydrogen-bond acceptors (Lipinski definition) is 13. The van der Waals surface area contributed by atoms with Crippen LogP contribution < -0.4 is 15.4 Å². The molecule has 1 unspecified atom stereocenters. The van der Waals surface area contributed by atoms with E-state index in [4.69, 9.17) is 35.6 Å². The van der Waals surface area contributed by atoms with Crippen LogP contribution in [-0.2, 0) is 45.6 Å². The molecule has 2 amide bonds. The average Bonchev–Trinajstić information content (AvgIpc) is 3.90. The molecule has 1 saturated heterocycles. The number of benzene rings is 6. The number of nitrogens with zero attached hydrogens (tertiary/aromatic N) is 3. The Bertz CT molecular complexity index is 2940. The molecule has 1 aromatic heterocycles. The number of alkyl halides is 1. The van der Waals surface area contributed by atoms with Gasteiger partial charge in [0.05, 0.1) is 7.11 Å². The molecule has 9 rings (SSSR count). The van der Waals surface area contributed by atoms with Gasteiger partial charge < -0.3 is 29.7 Å². The monoisotopic (exact) mass is 1020 g/mol. The summed E-state index contributed by atoms with van der Waals surface area (Å²) in [5, 5.41) is 12.3. The second-order valence-corrected chi connectivity index (χ2v) is 18.9. The van der Waals surface area contributed by atoms with E-state index in [1.165, 1.54) is 34.9 Å². The number of hydrogen-bond donors (Lipinski definition) is 2. The molecule has 364 valence electrons. The molecule has 3 atom stereocenters. The lowest BCUT2D eigenvalue weighted by Gasteiger charge is -2.49. The highest BCUT2D eigenvalue weighted by Gasteiger charge is 2.55. The topological polar surface area (TPSA) is 158 Å². The number of amides is 2. The lowest BCUT2D eigenvalue weighted by Crippen LogP contribution is -2.71. The molecule has 72 heavy (non-hydrogen) atoms. The van der Waals surface area contributed by atoms with Crippen molar-refractivity contribution in [3.63, 3.8) is 0 Å². The minimum Gasteiger partial charge on any atom is -0.497 e. The summed E-state index contributed by atoms with van der Waals surface area (Å²) in [5.74, 6) is -1.88. The van der Waals surface area contributed by atoms with Crippen LogP contribution >= 0.6 is 34.7 Å². The number of β-lactam (4-membered cyclic amide) rings is 1. The first-order valence-corrected chi connectivity index (χ1v) is 25.4. The summed E-state index contributed by atoms with van der Waals surface area (Å²) in [7, 11) is 1.56. The van der Waals surface area contributed by atoms with Crippen molar-refractivity contribution in [3.8, 4) is 5.75 Å². The van der Waals surface area contributed by atoms with E-state index in [-0.39, 0.29) is 29.6 Å². The Morgan fingerprint density at radius 2 is 1.33 bits per heavy atom. The molecule has 7 aromatic rings. The van der Waals surface area contributed by atoms with Crippen LogP contribution in [0.25, 0.3) is 0 Å². The zero-order chi connectivity index (χ0) is 50.0. The molecule has 2 aliphatic heterocycles. The van der Waals surface area contributed by atoms with Crippen molar-refractivity contribution in [2.24, 2.45) is 5.16 Å². The minimum atomic E-state index is -1.30. The summed E-state index contributed by atoms with van der Waals surface area (Å²) in [4.78, 5) is 68.5. The largest absolute Gasteiger partial charge is 0.497 e. The quantitative estimate of drug-likeness (QED) is 0.0199. The number of esters is 2. The fraction of sp³-hybridized carbons (Fsp3) is 0.179. The number of nitrogens with one attached hydrogen (secondary N) is 2. The summed E-state index contributed by atoms with van der Waals surface area (Å²) in [6, 6.07) is 54.5. The van der Waals surface area contributed by atoms with Gasteiger partial charge in [0, 0.05) is 17.0 Å². The molecule has 13 nitrogen and oxygen atoms in total. The van der Waals surface area contributed by atoms with E-state index in [0.29, 0.717) is 27.8 Å². The number of thiazole rings is 1. The number of rotatable bonds is 19. The first-order valence-electron chi connectivity index (χ1n) is 23.0. The van der Waals surface area contributed by atoms with Crippen LogP contribution in [-0.4, -0.2) is 75.6 Å². The highest BCUT2D eigenvalue weighted by atomic mass is 35.5. The predicted molar refractivity (Wildman–Crippen MR) is 278 cm³/mol. The minimum absolute atomic E-state index is 0.0139. The third-order valence-corrected chi connectivity index (χ3v) is 14.6. The molecule has 0 spiro atoms. The van der Waals surface area contributed by atoms with Gasteiger partial charge in [-0.1, -0.05) is 169 Å². The van der Waals surface area contributed by atoms with E-state index in [1.54, 1.807) is 36.8 Å². The smallest absolute Gasteiger partial charge is 0.355 e. The van der Waals surface area contributed by atoms with Crippen LogP contribution in [0.2, 0.25) is 0 Å². The number of fused-ring (bicyclic) bond motifs is 1. The van der Waals surface area contributed by atoms with Crippen LogP contribution in [0.4, 0.5) is 5.13 Å². The van der Waals surface area contributed by atoms with Crippen molar-refractivity contribution in [2.75, 3.05) is 24.1 Å². The molecule has 0 aliphatic carbocycles. The maximum absolute atomic E-state index is 14.7. The molecule has 2 aliphatic rings. The number of oxime groups is 1. The number of carbonyl (C=O) groups excluding carboxylic acids is 4. The van der Waals surface area contributed by atoms with Crippen molar-refractivity contribution in [3.05, 3.63) is 232 Å². The molecule has 3 heterocycles. The molecule has 16 heteroatoms. The zero-order valence-electron chi connectivity index (χ0n) is 39.1. The number of ether oxygens (including phenoxy) is 3. The number of aromatic nitrogens is 1. The van der Waals surface area contributed by atoms with E-state index in [0.717, 1.165) is 27.8 Å². The Kier molecular flexibility index (Phi) is 15.4. The van der Waals surface area contributed by atoms with E-state index in [1.807, 2.05) is 152 Å². The predicted octanol–water partition coefficient (Wildman–Crippen LogP) is 9.63. The highest BCUT2D eigenvalue weighted by Crippen LogP contribution is 2.43. The van der Waals surface area contributed by atoms with Crippen LogP contribution in [0, 0.1) is 0 Å². The van der Waals surface area contributed by atoms with Gasteiger partial charge in [0.2, 0.25) is 6.10 Å². The number of halogens is 1. The van der Waals surface area contributed by atoms with Crippen LogP contribution in [0.5, 0.6) is 5.75 Å². The molecule has 0 bridgehead atoms. The first kappa shape index (κ1) is 49.3. The van der Waals surface area contributed by atoms with Gasteiger partial charge in [-0.3, -0.25) is 14.5 Å². The highest BCUT2D eigenvalue weighted by molar-refractivity contribution is 8.00. The fourth-order valence-corrected chi connectivity index (χ4v) is 10.9. The standard InChI is InChI=1S/C56H48ClN5O8S2/c1-36(53(65)69-49(38-18-8-3-9-19-38)39-20-10-4-11-21-39)70-61-46(45-35-72-55(58-45)60-56(41-22-12-5-13-23-41,42-24-14-6-15-25-42)43-26-16-7-17-27-43)50(63)59-47-51(64)62-48(40(32-57)34-71-52(47)62)54(66)68-33-37-28-30-44(67-2)31-29-37/h3-31,35-36,47,49,52H,32-34H2,1-2H3,(H,58,60)(H,59,63)/b61-46+/t36-,47?,52+/m0/s1. The van der Waals surface area contributed by atoms with Crippen molar-refractivity contribution in [1.82, 2.24) is 15.2 Å². The van der Waals surface area contributed by atoms with Crippen LogP contribution in [0.3, 0.4) is 0 Å². The Hall–Kier alpha value is -7.72.